The number of aromatic nitrogens is 5. The fourth-order valence-corrected chi connectivity index (χ4v) is 7.94. The van der Waals surface area contributed by atoms with Gasteiger partial charge in [0.2, 0.25) is 0 Å². The summed E-state index contributed by atoms with van der Waals surface area (Å²) in [4.78, 5) is 34.7. The molecule has 0 unspecified atom stereocenters. The standard InChI is InChI=1S/C32H43F2N9O2/c1-40(17-21-6-10-35-11-7-21)12-8-20-2-4-23(5-3-20)43-19-26(29(39-43)30(33)34)37-32(45)25-16-36-42-13-9-28(38-31(25)42)41-18-22-14-24(41)15-27(22)44/h9,13,16,19-24,30,35H,2-8,10-12,14-15,17-18H2,1H3,(H,37,45)/t20?,22-,23?,24-/m1/s1. The third kappa shape index (κ3) is 6.33. The van der Waals surface area contributed by atoms with Crippen LogP contribution in [0.3, 0.4) is 0 Å². The van der Waals surface area contributed by atoms with Crippen molar-refractivity contribution in [2.24, 2.45) is 17.8 Å². The molecule has 2 N–H and O–H groups in total. The number of halogens is 2. The number of piperidine rings is 2. The lowest BCUT2D eigenvalue weighted by Crippen LogP contribution is -2.36. The van der Waals surface area contributed by atoms with Gasteiger partial charge < -0.3 is 20.4 Å². The molecule has 1 amide bonds. The lowest BCUT2D eigenvalue weighted by molar-refractivity contribution is -0.120. The first kappa shape index (κ1) is 30.2. The Hall–Kier alpha value is -3.45. The first-order valence-electron chi connectivity index (χ1n) is 16.5. The number of carbonyl (C=O) groups excluding carboxylic acids is 2. The monoisotopic (exact) mass is 623 g/mol. The highest BCUT2D eigenvalue weighted by molar-refractivity contribution is 6.08. The highest BCUT2D eigenvalue weighted by Crippen LogP contribution is 2.38. The van der Waals surface area contributed by atoms with Gasteiger partial charge in [-0.3, -0.25) is 14.3 Å². The number of ketones is 1. The molecule has 2 aliphatic carbocycles. The van der Waals surface area contributed by atoms with Crippen LogP contribution in [0.15, 0.2) is 24.7 Å². The molecule has 2 saturated carbocycles. The number of anilines is 2. The average molecular weight is 624 g/mol. The number of Topliss-reactive ketones (excluding diaryl/α,β-unsaturated/α-hetero) is 1. The van der Waals surface area contributed by atoms with E-state index in [4.69, 9.17) is 4.98 Å². The van der Waals surface area contributed by atoms with Crippen LogP contribution in [0.1, 0.15) is 86.3 Å². The number of amides is 1. The average Bonchev–Trinajstić information content (AvgIpc) is 3.83. The predicted octanol–water partition coefficient (Wildman–Crippen LogP) is 4.34. The van der Waals surface area contributed by atoms with Crippen molar-refractivity contribution in [3.05, 3.63) is 35.9 Å². The fraction of sp³-hybridized carbons (Fsp3) is 0.656. The lowest BCUT2D eigenvalue weighted by atomic mass is 9.84. The minimum Gasteiger partial charge on any atom is -0.352 e. The van der Waals surface area contributed by atoms with Crippen molar-refractivity contribution in [2.45, 2.75) is 76.3 Å². The summed E-state index contributed by atoms with van der Waals surface area (Å²) in [5.41, 5.74) is 0.121. The van der Waals surface area contributed by atoms with Gasteiger partial charge in [0.1, 0.15) is 17.2 Å². The smallest absolute Gasteiger partial charge is 0.284 e. The summed E-state index contributed by atoms with van der Waals surface area (Å²) < 4.78 is 31.3. The summed E-state index contributed by atoms with van der Waals surface area (Å²) in [6.07, 6.45) is 10.7. The Bertz CT molecular complexity index is 1530. The van der Waals surface area contributed by atoms with Crippen LogP contribution in [0.4, 0.5) is 20.3 Å². The number of nitrogens with zero attached hydrogens (tertiary/aromatic N) is 7. The highest BCUT2D eigenvalue weighted by Gasteiger charge is 2.44. The number of hydrogen-bond donors (Lipinski definition) is 2. The molecule has 2 bridgehead atoms. The van der Waals surface area contributed by atoms with Crippen LogP contribution in [0.25, 0.3) is 5.65 Å². The van der Waals surface area contributed by atoms with E-state index in [1.807, 2.05) is 6.07 Å². The van der Waals surface area contributed by atoms with Gasteiger partial charge in [0.15, 0.2) is 11.3 Å². The summed E-state index contributed by atoms with van der Waals surface area (Å²) in [5, 5.41) is 14.6. The molecule has 0 radical (unpaired) electrons. The molecule has 2 saturated heterocycles. The van der Waals surface area contributed by atoms with Gasteiger partial charge in [-0.1, -0.05) is 0 Å². The van der Waals surface area contributed by atoms with E-state index in [9.17, 15) is 18.4 Å². The van der Waals surface area contributed by atoms with Crippen molar-refractivity contribution in [1.29, 1.82) is 0 Å². The molecule has 3 aromatic heterocycles. The second-order valence-electron chi connectivity index (χ2n) is 13.6. The molecule has 7 rings (SSSR count). The van der Waals surface area contributed by atoms with Crippen molar-refractivity contribution < 1.29 is 18.4 Å². The van der Waals surface area contributed by atoms with Crippen molar-refractivity contribution in [3.63, 3.8) is 0 Å². The van der Waals surface area contributed by atoms with Gasteiger partial charge in [-0.15, -0.1) is 0 Å². The summed E-state index contributed by atoms with van der Waals surface area (Å²) >= 11 is 0. The van der Waals surface area contributed by atoms with Crippen molar-refractivity contribution in [1.82, 2.24) is 34.6 Å². The number of rotatable bonds is 10. The van der Waals surface area contributed by atoms with Gasteiger partial charge in [0, 0.05) is 43.9 Å². The minimum atomic E-state index is -2.82. The molecular formula is C32H43F2N9O2. The van der Waals surface area contributed by atoms with Crippen LogP contribution < -0.4 is 15.5 Å². The van der Waals surface area contributed by atoms with Gasteiger partial charge in [-0.05, 0) is 96.0 Å². The fourth-order valence-electron chi connectivity index (χ4n) is 7.94. The van der Waals surface area contributed by atoms with Crippen LogP contribution >= 0.6 is 0 Å². The quantitative estimate of drug-likeness (QED) is 0.343. The molecule has 0 spiro atoms. The Morgan fingerprint density at radius 3 is 2.64 bits per heavy atom. The molecule has 5 heterocycles. The van der Waals surface area contributed by atoms with Crippen LogP contribution in [0.2, 0.25) is 0 Å². The van der Waals surface area contributed by atoms with Gasteiger partial charge in [-0.2, -0.15) is 10.2 Å². The third-order valence-corrected chi connectivity index (χ3v) is 10.6. The topological polar surface area (TPSA) is 113 Å². The molecular weight excluding hydrogens is 580 g/mol. The maximum Gasteiger partial charge on any atom is 0.284 e. The molecule has 3 aromatic rings. The Kier molecular flexibility index (Phi) is 8.56. The molecule has 2 atom stereocenters. The molecule has 11 nitrogen and oxygen atoms in total. The van der Waals surface area contributed by atoms with Crippen LogP contribution in [-0.2, 0) is 4.79 Å². The normalized spacial score (nSPS) is 25.7. The Morgan fingerprint density at radius 2 is 1.93 bits per heavy atom. The van der Waals surface area contributed by atoms with Crippen molar-refractivity contribution in [2.75, 3.05) is 50.0 Å². The molecule has 0 aromatic carbocycles. The minimum absolute atomic E-state index is 0.0162. The third-order valence-electron chi connectivity index (χ3n) is 10.6. The summed E-state index contributed by atoms with van der Waals surface area (Å²) in [5.74, 6) is 1.87. The van der Waals surface area contributed by atoms with Gasteiger partial charge in [0.25, 0.3) is 12.3 Å². The maximum absolute atomic E-state index is 14.1. The number of hydrogen-bond acceptors (Lipinski definition) is 8. The largest absolute Gasteiger partial charge is 0.352 e. The molecule has 45 heavy (non-hydrogen) atoms. The zero-order valence-corrected chi connectivity index (χ0v) is 25.9. The second-order valence-corrected chi connectivity index (χ2v) is 13.6. The van der Waals surface area contributed by atoms with E-state index in [2.05, 4.69) is 37.7 Å². The van der Waals surface area contributed by atoms with E-state index in [1.165, 1.54) is 23.6 Å². The van der Waals surface area contributed by atoms with Crippen LogP contribution in [0.5, 0.6) is 0 Å². The molecule has 4 fully saturated rings. The summed E-state index contributed by atoms with van der Waals surface area (Å²) in [6, 6.07) is 1.98. The summed E-state index contributed by atoms with van der Waals surface area (Å²) in [7, 11) is 2.22. The number of alkyl halides is 2. The number of fused-ring (bicyclic) bond motifs is 3. The van der Waals surface area contributed by atoms with Crippen LogP contribution in [0, 0.1) is 17.8 Å². The zero-order valence-electron chi connectivity index (χ0n) is 25.9. The maximum atomic E-state index is 14.1. The van der Waals surface area contributed by atoms with E-state index in [0.29, 0.717) is 36.1 Å². The Labute approximate surface area is 261 Å². The van der Waals surface area contributed by atoms with Crippen LogP contribution in [-0.4, -0.2) is 86.8 Å². The second kappa shape index (κ2) is 12.7. The Balaban J connectivity index is 0.977. The first-order valence-corrected chi connectivity index (χ1v) is 16.5. The lowest BCUT2D eigenvalue weighted by Gasteiger charge is -2.31. The van der Waals surface area contributed by atoms with Gasteiger partial charge in [-0.25, -0.2) is 18.3 Å². The molecule has 242 valence electrons. The SMILES string of the molecule is CN(CCC1CCC(n2cc(NC(=O)c3cnn4ccc(N5C[C@H]6C[C@@H]5CC6=O)nc34)c(C(F)F)n2)CC1)CC1CCNCC1. The Morgan fingerprint density at radius 1 is 1.13 bits per heavy atom. The van der Waals surface area contributed by atoms with E-state index >= 15 is 0 Å². The van der Waals surface area contributed by atoms with Crippen molar-refractivity contribution >= 4 is 28.8 Å². The number of nitrogens with one attached hydrogen (secondary N) is 2. The first-order chi connectivity index (χ1) is 21.8. The molecule has 4 aliphatic rings. The summed E-state index contributed by atoms with van der Waals surface area (Å²) in [6.45, 7) is 5.11. The molecule has 13 heteroatoms. The van der Waals surface area contributed by atoms with Gasteiger partial charge in [0.05, 0.1) is 17.9 Å². The van der Waals surface area contributed by atoms with Gasteiger partial charge >= 0.3 is 0 Å². The van der Waals surface area contributed by atoms with Crippen molar-refractivity contribution in [3.8, 4) is 0 Å². The van der Waals surface area contributed by atoms with E-state index < -0.39 is 18.0 Å². The van der Waals surface area contributed by atoms with E-state index in [1.54, 1.807) is 17.1 Å². The zero-order chi connectivity index (χ0) is 31.1. The van der Waals surface area contributed by atoms with E-state index in [0.717, 1.165) is 70.6 Å². The predicted molar refractivity (Wildman–Crippen MR) is 166 cm³/mol. The molecule has 2 aliphatic heterocycles. The highest BCUT2D eigenvalue weighted by atomic mass is 19.3. The number of carbonyl (C=O) groups is 2. The van der Waals surface area contributed by atoms with E-state index in [-0.39, 0.29) is 29.3 Å².